The summed E-state index contributed by atoms with van der Waals surface area (Å²) in [7, 11) is 0. The zero-order valence-corrected chi connectivity index (χ0v) is 14.8. The van der Waals surface area contributed by atoms with Gasteiger partial charge in [-0.2, -0.15) is 0 Å². The van der Waals surface area contributed by atoms with Crippen LogP contribution in [0.3, 0.4) is 0 Å². The van der Waals surface area contributed by atoms with E-state index in [2.05, 4.69) is 10.3 Å². The van der Waals surface area contributed by atoms with Gasteiger partial charge < -0.3 is 20.4 Å². The number of nitrogens with two attached hydrogens (primary N) is 1. The Balaban J connectivity index is 1.57. The van der Waals surface area contributed by atoms with E-state index in [-0.39, 0.29) is 11.9 Å². The fourth-order valence-electron chi connectivity index (χ4n) is 2.56. The second-order valence-corrected chi connectivity index (χ2v) is 6.15. The number of benzene rings is 2. The second kappa shape index (κ2) is 8.18. The molecule has 0 spiro atoms. The zero-order chi connectivity index (χ0) is 19.2. The highest BCUT2D eigenvalue weighted by atomic mass is 16.5. The van der Waals surface area contributed by atoms with Crippen LogP contribution in [0.1, 0.15) is 27.6 Å². The Morgan fingerprint density at radius 3 is 2.19 bits per heavy atom. The maximum atomic E-state index is 12.3. The van der Waals surface area contributed by atoms with Crippen LogP contribution >= 0.6 is 0 Å². The first-order chi connectivity index (χ1) is 13.0. The molecule has 0 fully saturated rings. The van der Waals surface area contributed by atoms with Crippen molar-refractivity contribution in [2.24, 2.45) is 5.73 Å². The Bertz CT molecular complexity index is 903. The lowest BCUT2D eigenvalue weighted by molar-refractivity contribution is 0.0935. The van der Waals surface area contributed by atoms with E-state index in [9.17, 15) is 9.59 Å². The Labute approximate surface area is 156 Å². The third-order valence-corrected chi connectivity index (χ3v) is 3.91. The van der Waals surface area contributed by atoms with Crippen LogP contribution in [0.5, 0.6) is 11.5 Å². The van der Waals surface area contributed by atoms with E-state index >= 15 is 0 Å². The normalized spacial score (nSPS) is 11.6. The van der Waals surface area contributed by atoms with Crippen LogP contribution in [0.15, 0.2) is 67.3 Å². The van der Waals surface area contributed by atoms with E-state index in [1.807, 2.05) is 17.7 Å². The highest BCUT2D eigenvalue weighted by Crippen LogP contribution is 2.22. The lowest BCUT2D eigenvalue weighted by Gasteiger charge is -2.14. The average Bonchev–Trinajstić information content (AvgIpc) is 3.15. The second-order valence-electron chi connectivity index (χ2n) is 6.15. The standard InChI is InChI=1S/C20H20N4O3/c1-14(12-24-11-10-22-13-24)23-20(26)16-4-8-18(9-5-16)27-17-6-2-15(3-7-17)19(21)25/h2-11,13-14H,12H2,1H3,(H2,21,25)(H,23,26). The highest BCUT2D eigenvalue weighted by molar-refractivity contribution is 5.94. The van der Waals surface area contributed by atoms with Crippen molar-refractivity contribution in [3.8, 4) is 11.5 Å². The first-order valence-electron chi connectivity index (χ1n) is 8.45. The lowest BCUT2D eigenvalue weighted by atomic mass is 10.2. The Kier molecular flexibility index (Phi) is 5.51. The number of amides is 2. The van der Waals surface area contributed by atoms with Gasteiger partial charge in [-0.05, 0) is 55.5 Å². The van der Waals surface area contributed by atoms with Gasteiger partial charge in [0, 0.05) is 36.1 Å². The molecule has 0 bridgehead atoms. The lowest BCUT2D eigenvalue weighted by Crippen LogP contribution is -2.35. The van der Waals surface area contributed by atoms with Gasteiger partial charge in [0.1, 0.15) is 11.5 Å². The average molecular weight is 364 g/mol. The van der Waals surface area contributed by atoms with E-state index in [4.69, 9.17) is 10.5 Å². The number of nitrogens with zero attached hydrogens (tertiary/aromatic N) is 2. The van der Waals surface area contributed by atoms with Gasteiger partial charge >= 0.3 is 0 Å². The van der Waals surface area contributed by atoms with Crippen molar-refractivity contribution in [1.29, 1.82) is 0 Å². The fraction of sp³-hybridized carbons (Fsp3) is 0.150. The van der Waals surface area contributed by atoms with Crippen LogP contribution in [0, 0.1) is 0 Å². The van der Waals surface area contributed by atoms with E-state index in [1.54, 1.807) is 61.1 Å². The van der Waals surface area contributed by atoms with Crippen molar-refractivity contribution in [1.82, 2.24) is 14.9 Å². The third kappa shape index (κ3) is 4.94. The Morgan fingerprint density at radius 2 is 1.67 bits per heavy atom. The van der Waals surface area contributed by atoms with Crippen molar-refractivity contribution in [2.75, 3.05) is 0 Å². The minimum absolute atomic E-state index is 0.0357. The number of ether oxygens (including phenoxy) is 1. The summed E-state index contributed by atoms with van der Waals surface area (Å²) in [5, 5.41) is 2.95. The van der Waals surface area contributed by atoms with Crippen molar-refractivity contribution < 1.29 is 14.3 Å². The van der Waals surface area contributed by atoms with E-state index in [0.717, 1.165) is 0 Å². The summed E-state index contributed by atoms with van der Waals surface area (Å²) in [5.41, 5.74) is 6.17. The van der Waals surface area contributed by atoms with Crippen LogP contribution < -0.4 is 15.8 Å². The number of imidazole rings is 1. The molecule has 0 saturated carbocycles. The predicted octanol–water partition coefficient (Wildman–Crippen LogP) is 2.59. The summed E-state index contributed by atoms with van der Waals surface area (Å²) in [6.45, 7) is 2.58. The minimum atomic E-state index is -0.487. The van der Waals surface area contributed by atoms with E-state index in [0.29, 0.717) is 29.2 Å². The van der Waals surface area contributed by atoms with Crippen LogP contribution in [0.25, 0.3) is 0 Å². The molecule has 0 aliphatic rings. The van der Waals surface area contributed by atoms with Gasteiger partial charge in [-0.1, -0.05) is 0 Å². The molecular formula is C20H20N4O3. The number of rotatable bonds is 7. The molecule has 0 aliphatic carbocycles. The molecule has 7 nitrogen and oxygen atoms in total. The molecule has 1 heterocycles. The summed E-state index contributed by atoms with van der Waals surface area (Å²) < 4.78 is 7.61. The number of hydrogen-bond donors (Lipinski definition) is 2. The third-order valence-electron chi connectivity index (χ3n) is 3.91. The zero-order valence-electron chi connectivity index (χ0n) is 14.8. The largest absolute Gasteiger partial charge is 0.457 e. The highest BCUT2D eigenvalue weighted by Gasteiger charge is 2.10. The number of carbonyl (C=O) groups excluding carboxylic acids is 2. The molecule has 3 aromatic rings. The fourth-order valence-corrected chi connectivity index (χ4v) is 2.56. The van der Waals surface area contributed by atoms with Crippen molar-refractivity contribution in [2.45, 2.75) is 19.5 Å². The topological polar surface area (TPSA) is 99.2 Å². The first-order valence-corrected chi connectivity index (χ1v) is 8.45. The minimum Gasteiger partial charge on any atom is -0.457 e. The summed E-state index contributed by atoms with van der Waals surface area (Å²) in [6, 6.07) is 13.3. The van der Waals surface area contributed by atoms with Gasteiger partial charge in [0.25, 0.3) is 5.91 Å². The van der Waals surface area contributed by atoms with Crippen molar-refractivity contribution >= 4 is 11.8 Å². The van der Waals surface area contributed by atoms with Gasteiger partial charge in [0.05, 0.1) is 6.33 Å². The SMILES string of the molecule is CC(Cn1ccnc1)NC(=O)c1ccc(Oc2ccc(C(N)=O)cc2)cc1. The number of hydrogen-bond acceptors (Lipinski definition) is 4. The molecule has 0 radical (unpaired) electrons. The van der Waals surface area contributed by atoms with Crippen LogP contribution in [-0.2, 0) is 6.54 Å². The summed E-state index contributed by atoms with van der Waals surface area (Å²) in [5.74, 6) is 0.523. The monoisotopic (exact) mass is 364 g/mol. The molecule has 27 heavy (non-hydrogen) atoms. The maximum absolute atomic E-state index is 12.3. The molecule has 1 aromatic heterocycles. The molecule has 0 aliphatic heterocycles. The quantitative estimate of drug-likeness (QED) is 0.673. The summed E-state index contributed by atoms with van der Waals surface area (Å²) in [4.78, 5) is 27.4. The van der Waals surface area contributed by atoms with E-state index in [1.165, 1.54) is 0 Å². The number of nitrogens with one attached hydrogen (secondary N) is 1. The Hall–Kier alpha value is -3.61. The van der Waals surface area contributed by atoms with Gasteiger partial charge in [-0.25, -0.2) is 4.98 Å². The van der Waals surface area contributed by atoms with Gasteiger partial charge in [-0.15, -0.1) is 0 Å². The van der Waals surface area contributed by atoms with Crippen molar-refractivity contribution in [3.05, 3.63) is 78.4 Å². The van der Waals surface area contributed by atoms with Gasteiger partial charge in [0.2, 0.25) is 5.91 Å². The van der Waals surface area contributed by atoms with Gasteiger partial charge in [0.15, 0.2) is 0 Å². The molecule has 2 aromatic carbocycles. The van der Waals surface area contributed by atoms with Crippen LogP contribution in [0.2, 0.25) is 0 Å². The number of carbonyl (C=O) groups is 2. The number of aromatic nitrogens is 2. The number of primary amides is 1. The maximum Gasteiger partial charge on any atom is 0.251 e. The molecule has 138 valence electrons. The molecular weight excluding hydrogens is 344 g/mol. The molecule has 3 rings (SSSR count). The molecule has 1 unspecified atom stereocenters. The van der Waals surface area contributed by atoms with Gasteiger partial charge in [-0.3, -0.25) is 9.59 Å². The molecule has 0 saturated heterocycles. The summed E-state index contributed by atoms with van der Waals surface area (Å²) in [6.07, 6.45) is 5.27. The van der Waals surface area contributed by atoms with Crippen molar-refractivity contribution in [3.63, 3.8) is 0 Å². The molecule has 7 heteroatoms. The molecule has 1 atom stereocenters. The van der Waals surface area contributed by atoms with E-state index < -0.39 is 5.91 Å². The molecule has 2 amide bonds. The first kappa shape index (κ1) is 18.2. The summed E-state index contributed by atoms with van der Waals surface area (Å²) >= 11 is 0. The Morgan fingerprint density at radius 1 is 1.07 bits per heavy atom. The predicted molar refractivity (Wildman–Crippen MR) is 101 cm³/mol. The van der Waals surface area contributed by atoms with Crippen LogP contribution in [-0.4, -0.2) is 27.4 Å². The molecule has 3 N–H and O–H groups in total. The van der Waals surface area contributed by atoms with Crippen LogP contribution in [0.4, 0.5) is 0 Å². The smallest absolute Gasteiger partial charge is 0.251 e.